The summed E-state index contributed by atoms with van der Waals surface area (Å²) < 4.78 is 32.6. The van der Waals surface area contributed by atoms with E-state index in [-0.39, 0.29) is 22.6 Å². The Morgan fingerprint density at radius 3 is 2.50 bits per heavy atom. The predicted octanol–water partition coefficient (Wildman–Crippen LogP) is 3.28. The summed E-state index contributed by atoms with van der Waals surface area (Å²) in [5, 5.41) is 3.11. The Labute approximate surface area is 168 Å². The molecule has 7 heteroatoms. The van der Waals surface area contributed by atoms with E-state index in [4.69, 9.17) is 4.74 Å². The molecule has 2 saturated carbocycles. The molecule has 6 nitrogen and oxygen atoms in total. The Morgan fingerprint density at radius 1 is 1.25 bits per heavy atom. The summed E-state index contributed by atoms with van der Waals surface area (Å²) in [4.78, 5) is 12.9. The standard InChI is InChI=1S/C21H32N2O4S/c1-5-23(6-2)28(25,26)20-13-17(9-10-19(20)27-4)21(24)22-14(3)18-12-15-7-8-16(18)11-15/h9-10,13-16,18H,5-8,11-12H2,1-4H3,(H,22,24). The molecule has 0 aromatic heterocycles. The van der Waals surface area contributed by atoms with Gasteiger partial charge in [0.15, 0.2) is 0 Å². The molecular weight excluding hydrogens is 376 g/mol. The largest absolute Gasteiger partial charge is 0.495 e. The first kappa shape index (κ1) is 21.1. The lowest BCUT2D eigenvalue weighted by Gasteiger charge is -2.28. The van der Waals surface area contributed by atoms with Crippen molar-refractivity contribution in [2.45, 2.75) is 57.4 Å². The molecular formula is C21H32N2O4S. The number of fused-ring (bicyclic) bond motifs is 2. The smallest absolute Gasteiger partial charge is 0.251 e. The molecule has 2 bridgehead atoms. The Hall–Kier alpha value is -1.60. The van der Waals surface area contributed by atoms with Crippen molar-refractivity contribution in [2.24, 2.45) is 17.8 Å². The van der Waals surface area contributed by atoms with Crippen molar-refractivity contribution in [1.82, 2.24) is 9.62 Å². The van der Waals surface area contributed by atoms with Gasteiger partial charge < -0.3 is 10.1 Å². The van der Waals surface area contributed by atoms with E-state index in [0.29, 0.717) is 24.6 Å². The van der Waals surface area contributed by atoms with Gasteiger partial charge in [0.1, 0.15) is 10.6 Å². The summed E-state index contributed by atoms with van der Waals surface area (Å²) in [6.45, 7) is 6.38. The fourth-order valence-corrected chi connectivity index (χ4v) is 6.67. The van der Waals surface area contributed by atoms with Crippen LogP contribution in [0.4, 0.5) is 0 Å². The van der Waals surface area contributed by atoms with Gasteiger partial charge in [-0.25, -0.2) is 8.42 Å². The molecule has 1 N–H and O–H groups in total. The van der Waals surface area contributed by atoms with Crippen molar-refractivity contribution in [2.75, 3.05) is 20.2 Å². The van der Waals surface area contributed by atoms with Crippen molar-refractivity contribution in [3.63, 3.8) is 0 Å². The van der Waals surface area contributed by atoms with Crippen LogP contribution in [0, 0.1) is 17.8 Å². The van der Waals surface area contributed by atoms with Gasteiger partial charge in [-0.05, 0) is 62.1 Å². The third-order valence-corrected chi connectivity index (χ3v) is 8.61. The van der Waals surface area contributed by atoms with Crippen LogP contribution in [0.1, 0.15) is 56.8 Å². The SMILES string of the molecule is CCN(CC)S(=O)(=O)c1cc(C(=O)NC(C)C2CC3CCC2C3)ccc1OC. The molecule has 3 rings (SSSR count). The minimum atomic E-state index is -3.72. The molecule has 0 saturated heterocycles. The minimum Gasteiger partial charge on any atom is -0.495 e. The number of methoxy groups -OCH3 is 1. The molecule has 2 aliphatic rings. The van der Waals surface area contributed by atoms with Gasteiger partial charge in [0, 0.05) is 24.7 Å². The monoisotopic (exact) mass is 408 g/mol. The predicted molar refractivity (Wildman–Crippen MR) is 109 cm³/mol. The average Bonchev–Trinajstić information content (AvgIpc) is 3.31. The summed E-state index contributed by atoms with van der Waals surface area (Å²) in [6.07, 6.45) is 5.08. The molecule has 1 aromatic carbocycles. The van der Waals surface area contributed by atoms with E-state index in [9.17, 15) is 13.2 Å². The Bertz CT molecular complexity index is 820. The van der Waals surface area contributed by atoms with Gasteiger partial charge in [0.2, 0.25) is 10.0 Å². The van der Waals surface area contributed by atoms with Crippen molar-refractivity contribution in [3.05, 3.63) is 23.8 Å². The topological polar surface area (TPSA) is 75.7 Å². The van der Waals surface area contributed by atoms with Crippen molar-refractivity contribution in [3.8, 4) is 5.75 Å². The van der Waals surface area contributed by atoms with Crippen LogP contribution >= 0.6 is 0 Å². The van der Waals surface area contributed by atoms with Gasteiger partial charge in [0.05, 0.1) is 7.11 Å². The average molecular weight is 409 g/mol. The maximum atomic E-state index is 13.0. The number of sulfonamides is 1. The molecule has 1 aromatic rings. The lowest BCUT2D eigenvalue weighted by Crippen LogP contribution is -2.40. The van der Waals surface area contributed by atoms with E-state index < -0.39 is 10.0 Å². The Balaban J connectivity index is 1.81. The highest BCUT2D eigenvalue weighted by Crippen LogP contribution is 2.49. The molecule has 28 heavy (non-hydrogen) atoms. The maximum Gasteiger partial charge on any atom is 0.251 e. The zero-order valence-corrected chi connectivity index (χ0v) is 18.1. The second-order valence-corrected chi connectivity index (χ2v) is 9.96. The summed E-state index contributed by atoms with van der Waals surface area (Å²) in [7, 11) is -2.28. The lowest BCUT2D eigenvalue weighted by atomic mass is 9.84. The molecule has 156 valence electrons. The van der Waals surface area contributed by atoms with E-state index >= 15 is 0 Å². The third-order valence-electron chi connectivity index (χ3n) is 6.54. The quantitative estimate of drug-likeness (QED) is 0.716. The van der Waals surface area contributed by atoms with Gasteiger partial charge >= 0.3 is 0 Å². The van der Waals surface area contributed by atoms with Gasteiger partial charge in [-0.1, -0.05) is 20.3 Å². The lowest BCUT2D eigenvalue weighted by molar-refractivity contribution is 0.0915. The zero-order valence-electron chi connectivity index (χ0n) is 17.3. The van der Waals surface area contributed by atoms with E-state index in [2.05, 4.69) is 12.2 Å². The number of nitrogens with zero attached hydrogens (tertiary/aromatic N) is 1. The van der Waals surface area contributed by atoms with Gasteiger partial charge in [-0.2, -0.15) is 4.31 Å². The number of carbonyl (C=O) groups excluding carboxylic acids is 1. The van der Waals surface area contributed by atoms with Crippen molar-refractivity contribution >= 4 is 15.9 Å². The maximum absolute atomic E-state index is 13.0. The second-order valence-electron chi connectivity index (χ2n) is 8.06. The molecule has 4 atom stereocenters. The van der Waals surface area contributed by atoms with E-state index in [1.54, 1.807) is 26.0 Å². The van der Waals surface area contributed by atoms with E-state index in [1.807, 2.05) is 0 Å². The second kappa shape index (κ2) is 8.41. The highest BCUT2D eigenvalue weighted by molar-refractivity contribution is 7.89. The molecule has 2 fully saturated rings. The summed E-state index contributed by atoms with van der Waals surface area (Å²) in [5.74, 6) is 2.09. The van der Waals surface area contributed by atoms with Crippen LogP contribution < -0.4 is 10.1 Å². The number of benzene rings is 1. The minimum absolute atomic E-state index is 0.0407. The van der Waals surface area contributed by atoms with Crippen molar-refractivity contribution in [1.29, 1.82) is 0 Å². The molecule has 2 aliphatic carbocycles. The van der Waals surface area contributed by atoms with Crippen LogP contribution in [0.5, 0.6) is 5.75 Å². The number of amides is 1. The summed E-state index contributed by atoms with van der Waals surface area (Å²) in [5.41, 5.74) is 0.349. The fraction of sp³-hybridized carbons (Fsp3) is 0.667. The highest BCUT2D eigenvalue weighted by Gasteiger charge is 2.42. The first-order chi connectivity index (χ1) is 13.3. The van der Waals surface area contributed by atoms with Crippen LogP contribution in [-0.4, -0.2) is 44.9 Å². The van der Waals surface area contributed by atoms with Crippen molar-refractivity contribution < 1.29 is 17.9 Å². The van der Waals surface area contributed by atoms with Crippen LogP contribution in [0.3, 0.4) is 0 Å². The number of nitrogens with one attached hydrogen (secondary N) is 1. The van der Waals surface area contributed by atoms with Gasteiger partial charge in [0.25, 0.3) is 5.91 Å². The fourth-order valence-electron chi connectivity index (χ4n) is 5.03. The van der Waals surface area contributed by atoms with Crippen LogP contribution in [-0.2, 0) is 10.0 Å². The molecule has 0 spiro atoms. The molecule has 4 unspecified atom stereocenters. The van der Waals surface area contributed by atoms with Crippen LogP contribution in [0.2, 0.25) is 0 Å². The highest BCUT2D eigenvalue weighted by atomic mass is 32.2. The van der Waals surface area contributed by atoms with Gasteiger partial charge in [-0.15, -0.1) is 0 Å². The molecule has 0 radical (unpaired) electrons. The molecule has 0 aliphatic heterocycles. The first-order valence-corrected chi connectivity index (χ1v) is 11.7. The number of hydrogen-bond acceptors (Lipinski definition) is 4. The number of carbonyl (C=O) groups is 1. The zero-order chi connectivity index (χ0) is 20.5. The first-order valence-electron chi connectivity index (χ1n) is 10.3. The van der Waals surface area contributed by atoms with Crippen LogP contribution in [0.15, 0.2) is 23.1 Å². The number of hydrogen-bond donors (Lipinski definition) is 1. The molecule has 1 amide bonds. The van der Waals surface area contributed by atoms with E-state index in [0.717, 1.165) is 11.8 Å². The summed E-state index contributed by atoms with van der Waals surface area (Å²) >= 11 is 0. The van der Waals surface area contributed by atoms with Gasteiger partial charge in [-0.3, -0.25) is 4.79 Å². The molecule has 0 heterocycles. The normalized spacial score (nSPS) is 25.1. The van der Waals surface area contributed by atoms with E-state index in [1.165, 1.54) is 43.2 Å². The Kier molecular flexibility index (Phi) is 6.34. The van der Waals surface area contributed by atoms with Crippen LogP contribution in [0.25, 0.3) is 0 Å². The number of rotatable bonds is 8. The Morgan fingerprint density at radius 2 is 1.96 bits per heavy atom. The number of ether oxygens (including phenoxy) is 1. The summed E-state index contributed by atoms with van der Waals surface area (Å²) in [6, 6.07) is 4.72. The third kappa shape index (κ3) is 3.92.